The lowest BCUT2D eigenvalue weighted by Gasteiger charge is -2.40. The zero-order valence-electron chi connectivity index (χ0n) is 50.4. The minimum atomic E-state index is -1.57. The van der Waals surface area contributed by atoms with Crippen LogP contribution in [0.3, 0.4) is 0 Å². The van der Waals surface area contributed by atoms with Gasteiger partial charge in [0.15, 0.2) is 6.29 Å². The van der Waals surface area contributed by atoms with Crippen LogP contribution in [-0.2, 0) is 23.8 Å². The number of aliphatic hydroxyl groups excluding tert-OH is 5. The topological polar surface area (TPSA) is 175 Å². The number of carbonyl (C=O) groups excluding carboxylic acids is 2. The molecule has 0 radical (unpaired) electrons. The molecule has 1 aliphatic rings. The fourth-order valence-electron chi connectivity index (χ4n) is 10.2. The Hall–Kier alpha value is -2.38. The van der Waals surface area contributed by atoms with E-state index in [4.69, 9.17) is 14.2 Å². The molecule has 7 unspecified atom stereocenters. The Morgan fingerprint density at radius 1 is 0.474 bits per heavy atom. The lowest BCUT2D eigenvalue weighted by Crippen LogP contribution is -2.60. The summed E-state index contributed by atoms with van der Waals surface area (Å²) >= 11 is 0. The van der Waals surface area contributed by atoms with Gasteiger partial charge in [0.2, 0.25) is 5.91 Å². The van der Waals surface area contributed by atoms with Crippen LogP contribution in [-0.4, -0.2) is 100 Å². The van der Waals surface area contributed by atoms with Gasteiger partial charge in [-0.2, -0.15) is 0 Å². The van der Waals surface area contributed by atoms with Gasteiger partial charge in [-0.25, -0.2) is 0 Å². The molecule has 1 fully saturated rings. The molecule has 0 aromatic rings. The number of unbranched alkanes of at least 4 members (excludes halogenated alkanes) is 37. The molecule has 1 saturated heterocycles. The van der Waals surface area contributed by atoms with Crippen LogP contribution in [0.2, 0.25) is 0 Å². The third-order valence-corrected chi connectivity index (χ3v) is 15.4. The minimum absolute atomic E-state index is 0.00781. The zero-order chi connectivity index (χ0) is 56.6. The second kappa shape index (κ2) is 56.5. The fourth-order valence-corrected chi connectivity index (χ4v) is 10.2. The molecule has 0 bridgehead atoms. The zero-order valence-corrected chi connectivity index (χ0v) is 50.4. The Morgan fingerprint density at radius 3 is 1.31 bits per heavy atom. The average molecular weight is 1100 g/mol. The van der Waals surface area contributed by atoms with E-state index in [2.05, 4.69) is 55.6 Å². The molecule has 7 atom stereocenters. The third kappa shape index (κ3) is 45.3. The van der Waals surface area contributed by atoms with Crippen LogP contribution in [0.5, 0.6) is 0 Å². The summed E-state index contributed by atoms with van der Waals surface area (Å²) in [7, 11) is 0. The SMILES string of the molecule is CCCCCCC/C=C\CCCCCCCC(=O)OCCCCCCCCCCC/C=C\C/C=C\CCCCCCCCCCCCCC(=O)NC(COC1OC(CO)C(O)C(O)C1O)C(O)/C=C/CCCCCCCCC. The summed E-state index contributed by atoms with van der Waals surface area (Å²) in [4.78, 5) is 25.1. The number of allylic oxidation sites excluding steroid dienone is 7. The van der Waals surface area contributed by atoms with Crippen molar-refractivity contribution in [2.75, 3.05) is 19.8 Å². The van der Waals surface area contributed by atoms with Gasteiger partial charge in [-0.3, -0.25) is 9.59 Å². The molecule has 6 N–H and O–H groups in total. The summed E-state index contributed by atoms with van der Waals surface area (Å²) in [5.74, 6) is -0.195. The lowest BCUT2D eigenvalue weighted by molar-refractivity contribution is -0.302. The van der Waals surface area contributed by atoms with Crippen molar-refractivity contribution >= 4 is 11.9 Å². The van der Waals surface area contributed by atoms with E-state index in [1.54, 1.807) is 6.08 Å². The molecule has 0 saturated carbocycles. The smallest absolute Gasteiger partial charge is 0.305 e. The number of aliphatic hydroxyl groups is 5. The van der Waals surface area contributed by atoms with Gasteiger partial charge in [-0.05, 0) is 89.9 Å². The van der Waals surface area contributed by atoms with E-state index in [1.165, 1.54) is 205 Å². The van der Waals surface area contributed by atoms with Gasteiger partial charge in [-0.1, -0.05) is 249 Å². The van der Waals surface area contributed by atoms with Crippen molar-refractivity contribution in [1.82, 2.24) is 5.32 Å². The van der Waals surface area contributed by atoms with Crippen molar-refractivity contribution in [2.24, 2.45) is 0 Å². The fraction of sp³-hybridized carbons (Fsp3) is 0.851. The molecule has 0 aromatic heterocycles. The van der Waals surface area contributed by atoms with E-state index in [9.17, 15) is 35.1 Å². The second-order valence-electron chi connectivity index (χ2n) is 22.8. The Balaban J connectivity index is 1.97. The molecule has 456 valence electrons. The van der Waals surface area contributed by atoms with E-state index in [0.717, 1.165) is 70.6 Å². The quantitative estimate of drug-likeness (QED) is 0.0195. The van der Waals surface area contributed by atoms with Crippen LogP contribution in [0.4, 0.5) is 0 Å². The molecule has 1 amide bonds. The molecular weight excluding hydrogens is 979 g/mol. The second-order valence-corrected chi connectivity index (χ2v) is 22.8. The molecule has 1 aliphatic heterocycles. The number of nitrogens with one attached hydrogen (secondary N) is 1. The summed E-state index contributed by atoms with van der Waals surface area (Å²) in [5.41, 5.74) is 0. The minimum Gasteiger partial charge on any atom is -0.466 e. The van der Waals surface area contributed by atoms with Crippen molar-refractivity contribution in [1.29, 1.82) is 0 Å². The summed E-state index contributed by atoms with van der Waals surface area (Å²) in [6.07, 6.45) is 62.4. The summed E-state index contributed by atoms with van der Waals surface area (Å²) < 4.78 is 16.7. The predicted molar refractivity (Wildman–Crippen MR) is 324 cm³/mol. The van der Waals surface area contributed by atoms with Crippen molar-refractivity contribution in [2.45, 2.75) is 346 Å². The summed E-state index contributed by atoms with van der Waals surface area (Å²) in [5, 5.41) is 54.2. The van der Waals surface area contributed by atoms with Crippen LogP contribution in [0.15, 0.2) is 48.6 Å². The molecule has 1 rings (SSSR count). The largest absolute Gasteiger partial charge is 0.466 e. The van der Waals surface area contributed by atoms with E-state index < -0.39 is 49.5 Å². The Kier molecular flexibility index (Phi) is 53.3. The number of hydrogen-bond donors (Lipinski definition) is 6. The highest BCUT2D eigenvalue weighted by molar-refractivity contribution is 5.76. The van der Waals surface area contributed by atoms with Crippen LogP contribution >= 0.6 is 0 Å². The maximum atomic E-state index is 13.0. The number of rotatable bonds is 57. The van der Waals surface area contributed by atoms with Crippen LogP contribution < -0.4 is 5.32 Å². The Morgan fingerprint density at radius 2 is 0.859 bits per heavy atom. The molecule has 0 spiro atoms. The molecule has 0 aliphatic carbocycles. The third-order valence-electron chi connectivity index (χ3n) is 15.4. The molecule has 11 nitrogen and oxygen atoms in total. The maximum absolute atomic E-state index is 13.0. The average Bonchev–Trinajstić information content (AvgIpc) is 3.44. The molecule has 78 heavy (non-hydrogen) atoms. The van der Waals surface area contributed by atoms with Gasteiger partial charge >= 0.3 is 5.97 Å². The molecular formula is C67H123NO10. The highest BCUT2D eigenvalue weighted by Gasteiger charge is 2.44. The highest BCUT2D eigenvalue weighted by atomic mass is 16.7. The summed E-state index contributed by atoms with van der Waals surface area (Å²) in [6.45, 7) is 4.31. The van der Waals surface area contributed by atoms with Gasteiger partial charge < -0.3 is 45.1 Å². The van der Waals surface area contributed by atoms with E-state index in [1.807, 2.05) is 6.08 Å². The standard InChI is InChI=1S/C67H123NO10/c1-3-5-7-9-11-13-14-15-32-35-39-43-47-51-55-63(72)76-56-52-48-44-40-36-33-30-28-26-24-22-20-18-16-17-19-21-23-25-27-29-31-34-38-42-46-50-54-62(71)68-59(60(70)53-49-45-41-37-12-10-8-6-4-2)58-77-67-66(75)65(74)64(73)61(57-69)78-67/h14-17,20,22,49,53,59-61,64-67,69-70,73-75H,3-13,18-19,21,23-48,50-52,54-58H2,1-2H3,(H,68,71)/b15-14-,17-16-,22-20-,53-49+. The van der Waals surface area contributed by atoms with Crippen LogP contribution in [0.1, 0.15) is 303 Å². The molecule has 0 aromatic carbocycles. The first kappa shape index (κ1) is 73.6. The Labute approximate surface area is 478 Å². The van der Waals surface area contributed by atoms with E-state index >= 15 is 0 Å². The normalized spacial score (nSPS) is 18.8. The first-order valence-electron chi connectivity index (χ1n) is 32.9. The lowest BCUT2D eigenvalue weighted by atomic mass is 9.99. The number of hydrogen-bond acceptors (Lipinski definition) is 10. The number of esters is 1. The first-order valence-corrected chi connectivity index (χ1v) is 32.9. The maximum Gasteiger partial charge on any atom is 0.305 e. The first-order chi connectivity index (χ1) is 38.2. The highest BCUT2D eigenvalue weighted by Crippen LogP contribution is 2.23. The van der Waals surface area contributed by atoms with Crippen molar-refractivity contribution < 1.29 is 49.3 Å². The monoisotopic (exact) mass is 1100 g/mol. The van der Waals surface area contributed by atoms with E-state index in [-0.39, 0.29) is 18.5 Å². The van der Waals surface area contributed by atoms with Gasteiger partial charge in [0.25, 0.3) is 0 Å². The van der Waals surface area contributed by atoms with Crippen molar-refractivity contribution in [3.63, 3.8) is 0 Å². The number of carbonyl (C=O) groups is 2. The number of ether oxygens (including phenoxy) is 3. The molecule has 11 heteroatoms. The van der Waals surface area contributed by atoms with Crippen LogP contribution in [0, 0.1) is 0 Å². The van der Waals surface area contributed by atoms with Gasteiger partial charge in [-0.15, -0.1) is 0 Å². The van der Waals surface area contributed by atoms with E-state index in [0.29, 0.717) is 19.4 Å². The molecule has 1 heterocycles. The summed E-state index contributed by atoms with van der Waals surface area (Å²) in [6, 6.07) is -0.811. The van der Waals surface area contributed by atoms with Gasteiger partial charge in [0.05, 0.1) is 32.0 Å². The van der Waals surface area contributed by atoms with Crippen molar-refractivity contribution in [3.05, 3.63) is 48.6 Å². The van der Waals surface area contributed by atoms with Crippen LogP contribution in [0.25, 0.3) is 0 Å². The number of amides is 1. The predicted octanol–water partition coefficient (Wildman–Crippen LogP) is 16.0. The van der Waals surface area contributed by atoms with Crippen molar-refractivity contribution in [3.8, 4) is 0 Å². The Bertz CT molecular complexity index is 1430. The van der Waals surface area contributed by atoms with Gasteiger partial charge in [0, 0.05) is 12.8 Å². The van der Waals surface area contributed by atoms with Gasteiger partial charge in [0.1, 0.15) is 24.4 Å².